The van der Waals surface area contributed by atoms with Crippen molar-refractivity contribution < 1.29 is 22.7 Å². The van der Waals surface area contributed by atoms with E-state index in [4.69, 9.17) is 9.47 Å². The van der Waals surface area contributed by atoms with Crippen molar-refractivity contribution in [1.29, 1.82) is 0 Å². The van der Waals surface area contributed by atoms with Crippen molar-refractivity contribution in [3.05, 3.63) is 120 Å². The van der Waals surface area contributed by atoms with Crippen molar-refractivity contribution in [3.63, 3.8) is 0 Å². The summed E-state index contributed by atoms with van der Waals surface area (Å²) in [6.45, 7) is 3.83. The molecule has 4 aromatic rings. The Morgan fingerprint density at radius 1 is 0.767 bits per heavy atom. The predicted molar refractivity (Wildman–Crippen MR) is 168 cm³/mol. The van der Waals surface area contributed by atoms with Gasteiger partial charge in [-0.1, -0.05) is 78.4 Å². The average Bonchev–Trinajstić information content (AvgIpc) is 3.05. The Morgan fingerprint density at radius 3 is 1.86 bits per heavy atom. The number of ether oxygens (including phenoxy) is 2. The minimum atomic E-state index is -4.07. The van der Waals surface area contributed by atoms with Gasteiger partial charge in [-0.15, -0.1) is 0 Å². The lowest BCUT2D eigenvalue weighted by Crippen LogP contribution is -2.52. The molecule has 0 bridgehead atoms. The number of carbonyl (C=O) groups excluding carboxylic acids is 1. The van der Waals surface area contributed by atoms with Gasteiger partial charge in [-0.25, -0.2) is 8.42 Å². The second-order valence-corrected chi connectivity index (χ2v) is 12.4. The lowest BCUT2D eigenvalue weighted by atomic mass is 9.96. The van der Waals surface area contributed by atoms with Crippen molar-refractivity contribution >= 4 is 21.6 Å². The standard InChI is InChI=1S/C34H37N3O5S/c1-26-14-17-30(18-15-26)43(39,40)37(29-16-19-31(41-2)32(24-29)42-3)25-33(38)35-20-22-36(23-21-35)34(27-10-6-4-7-11-27)28-12-8-5-9-13-28/h4-19,24,34H,20-23,25H2,1-3H3. The maximum Gasteiger partial charge on any atom is 0.264 e. The van der Waals surface area contributed by atoms with Gasteiger partial charge in [0.2, 0.25) is 5.91 Å². The number of piperazine rings is 1. The fraction of sp³-hybridized carbons (Fsp3) is 0.265. The first kappa shape index (κ1) is 30.1. The molecule has 1 amide bonds. The molecule has 0 spiro atoms. The van der Waals surface area contributed by atoms with Gasteiger partial charge in [-0.05, 0) is 42.3 Å². The summed E-state index contributed by atoms with van der Waals surface area (Å²) in [5, 5.41) is 0. The molecule has 5 rings (SSSR count). The van der Waals surface area contributed by atoms with Gasteiger partial charge >= 0.3 is 0 Å². The summed E-state index contributed by atoms with van der Waals surface area (Å²) in [7, 11) is -1.06. The van der Waals surface area contributed by atoms with E-state index in [1.54, 1.807) is 47.4 Å². The quantitative estimate of drug-likeness (QED) is 0.251. The molecule has 8 nitrogen and oxygen atoms in total. The number of aryl methyl sites for hydroxylation is 1. The summed E-state index contributed by atoms with van der Waals surface area (Å²) in [6, 6.07) is 32.3. The Hall–Kier alpha value is -4.34. The number of sulfonamides is 1. The lowest BCUT2D eigenvalue weighted by Gasteiger charge is -2.40. The molecule has 0 unspecified atom stereocenters. The van der Waals surface area contributed by atoms with Crippen LogP contribution in [0, 0.1) is 6.92 Å². The Labute approximate surface area is 254 Å². The van der Waals surface area contributed by atoms with Crippen LogP contribution in [0.2, 0.25) is 0 Å². The van der Waals surface area contributed by atoms with E-state index in [2.05, 4.69) is 29.2 Å². The molecule has 1 saturated heterocycles. The van der Waals surface area contributed by atoms with Crippen LogP contribution in [0.3, 0.4) is 0 Å². The maximum atomic E-state index is 13.9. The summed E-state index contributed by atoms with van der Waals surface area (Å²) in [5.74, 6) is 0.576. The zero-order valence-electron chi connectivity index (χ0n) is 24.7. The van der Waals surface area contributed by atoms with Gasteiger partial charge in [-0.3, -0.25) is 14.0 Å². The van der Waals surface area contributed by atoms with Gasteiger partial charge in [-0.2, -0.15) is 0 Å². The molecule has 9 heteroatoms. The summed E-state index contributed by atoms with van der Waals surface area (Å²) < 4.78 is 39.8. The second-order valence-electron chi connectivity index (χ2n) is 10.5. The van der Waals surface area contributed by atoms with E-state index in [0.717, 1.165) is 9.87 Å². The van der Waals surface area contributed by atoms with Gasteiger partial charge in [0.1, 0.15) is 6.54 Å². The molecule has 43 heavy (non-hydrogen) atoms. The Morgan fingerprint density at radius 2 is 1.33 bits per heavy atom. The van der Waals surface area contributed by atoms with Crippen molar-refractivity contribution in [2.75, 3.05) is 51.2 Å². The molecule has 224 valence electrons. The van der Waals surface area contributed by atoms with Crippen molar-refractivity contribution in [2.45, 2.75) is 17.9 Å². The van der Waals surface area contributed by atoms with Crippen LogP contribution >= 0.6 is 0 Å². The third-order valence-electron chi connectivity index (χ3n) is 7.81. The largest absolute Gasteiger partial charge is 0.493 e. The normalized spacial score (nSPS) is 14.0. The number of methoxy groups -OCH3 is 2. The fourth-order valence-electron chi connectivity index (χ4n) is 5.47. The van der Waals surface area contributed by atoms with Crippen LogP contribution in [0.1, 0.15) is 22.7 Å². The molecule has 0 aromatic heterocycles. The van der Waals surface area contributed by atoms with Crippen molar-refractivity contribution in [2.24, 2.45) is 0 Å². The number of benzene rings is 4. The lowest BCUT2D eigenvalue weighted by molar-refractivity contribution is -0.131. The number of carbonyl (C=O) groups is 1. The smallest absolute Gasteiger partial charge is 0.264 e. The van der Waals surface area contributed by atoms with Crippen LogP contribution < -0.4 is 13.8 Å². The summed E-state index contributed by atoms with van der Waals surface area (Å²) in [6.07, 6.45) is 0. The maximum absolute atomic E-state index is 13.9. The number of nitrogens with zero attached hydrogens (tertiary/aromatic N) is 3. The minimum Gasteiger partial charge on any atom is -0.493 e. The summed E-state index contributed by atoms with van der Waals surface area (Å²) in [4.78, 5) is 18.0. The van der Waals surface area contributed by atoms with E-state index in [1.807, 2.05) is 43.3 Å². The monoisotopic (exact) mass is 599 g/mol. The van der Waals surface area contributed by atoms with Gasteiger partial charge in [0, 0.05) is 32.2 Å². The van der Waals surface area contributed by atoms with Crippen LogP contribution in [-0.4, -0.2) is 71.1 Å². The van der Waals surface area contributed by atoms with Crippen LogP contribution in [0.5, 0.6) is 11.5 Å². The van der Waals surface area contributed by atoms with Gasteiger partial charge < -0.3 is 14.4 Å². The van der Waals surface area contributed by atoms with Crippen molar-refractivity contribution in [1.82, 2.24) is 9.80 Å². The zero-order valence-corrected chi connectivity index (χ0v) is 25.5. The molecule has 0 atom stereocenters. The highest BCUT2D eigenvalue weighted by atomic mass is 32.2. The van der Waals surface area contributed by atoms with Gasteiger partial charge in [0.15, 0.2) is 11.5 Å². The van der Waals surface area contributed by atoms with Gasteiger partial charge in [0.25, 0.3) is 10.0 Å². The van der Waals surface area contributed by atoms with Crippen LogP contribution in [0.4, 0.5) is 5.69 Å². The molecule has 1 fully saturated rings. The van der Waals surface area contributed by atoms with E-state index < -0.39 is 10.0 Å². The zero-order chi connectivity index (χ0) is 30.4. The van der Waals surface area contributed by atoms with E-state index in [0.29, 0.717) is 43.4 Å². The second kappa shape index (κ2) is 13.3. The highest BCUT2D eigenvalue weighted by Crippen LogP contribution is 2.34. The highest BCUT2D eigenvalue weighted by molar-refractivity contribution is 7.92. The van der Waals surface area contributed by atoms with E-state index in [9.17, 15) is 13.2 Å². The van der Waals surface area contributed by atoms with E-state index in [-0.39, 0.29) is 23.4 Å². The Kier molecular flexibility index (Phi) is 9.33. The molecule has 4 aromatic carbocycles. The molecule has 1 aliphatic rings. The third kappa shape index (κ3) is 6.68. The average molecular weight is 600 g/mol. The SMILES string of the molecule is COc1ccc(N(CC(=O)N2CCN(C(c3ccccc3)c3ccccc3)CC2)S(=O)(=O)c2ccc(C)cc2)cc1OC. The number of amides is 1. The van der Waals surface area contributed by atoms with Crippen LogP contribution in [0.15, 0.2) is 108 Å². The summed E-state index contributed by atoms with van der Waals surface area (Å²) >= 11 is 0. The molecule has 0 N–H and O–H groups in total. The molecule has 0 aliphatic carbocycles. The molecular formula is C34H37N3O5S. The number of hydrogen-bond donors (Lipinski definition) is 0. The highest BCUT2D eigenvalue weighted by Gasteiger charge is 2.32. The topological polar surface area (TPSA) is 79.4 Å². The van der Waals surface area contributed by atoms with Gasteiger partial charge in [0.05, 0.1) is 30.8 Å². The third-order valence-corrected chi connectivity index (χ3v) is 9.59. The molecule has 1 heterocycles. The Bertz CT molecular complexity index is 1580. The molecule has 0 radical (unpaired) electrons. The number of rotatable bonds is 10. The first-order valence-corrected chi connectivity index (χ1v) is 15.7. The predicted octanol–water partition coefficient (Wildman–Crippen LogP) is 5.14. The first-order chi connectivity index (χ1) is 20.8. The molecule has 1 aliphatic heterocycles. The number of hydrogen-bond acceptors (Lipinski definition) is 6. The van der Waals surface area contributed by atoms with E-state index >= 15 is 0 Å². The number of anilines is 1. The van der Waals surface area contributed by atoms with E-state index in [1.165, 1.54) is 25.3 Å². The molecule has 0 saturated carbocycles. The first-order valence-electron chi connectivity index (χ1n) is 14.2. The minimum absolute atomic E-state index is 0.0600. The summed E-state index contributed by atoms with van der Waals surface area (Å²) in [5.41, 5.74) is 3.64. The Balaban J connectivity index is 1.38. The molecular weight excluding hydrogens is 562 g/mol. The van der Waals surface area contributed by atoms with Crippen molar-refractivity contribution in [3.8, 4) is 11.5 Å². The fourth-order valence-corrected chi connectivity index (χ4v) is 6.88. The van der Waals surface area contributed by atoms with Crippen LogP contribution in [-0.2, 0) is 14.8 Å². The van der Waals surface area contributed by atoms with Crippen LogP contribution in [0.25, 0.3) is 0 Å².